The van der Waals surface area contributed by atoms with Crippen LogP contribution in [0.4, 0.5) is 11.5 Å². The summed E-state index contributed by atoms with van der Waals surface area (Å²) in [6.07, 6.45) is 2.14. The van der Waals surface area contributed by atoms with Crippen LogP contribution in [0.2, 0.25) is 0 Å². The Morgan fingerprint density at radius 3 is 2.64 bits per heavy atom. The Balaban J connectivity index is 1.72. The highest BCUT2D eigenvalue weighted by Crippen LogP contribution is 2.28. The Labute approximate surface area is 148 Å². The van der Waals surface area contributed by atoms with Crippen LogP contribution in [0.15, 0.2) is 36.4 Å². The average Bonchev–Trinajstić information content (AvgIpc) is 2.67. The highest BCUT2D eigenvalue weighted by atomic mass is 16.5. The molecule has 2 heterocycles. The minimum Gasteiger partial charge on any atom is -0.497 e. The Morgan fingerprint density at radius 2 is 1.96 bits per heavy atom. The monoisotopic (exact) mass is 338 g/mol. The van der Waals surface area contributed by atoms with E-state index >= 15 is 0 Å². The van der Waals surface area contributed by atoms with Crippen LogP contribution in [-0.4, -0.2) is 38.3 Å². The summed E-state index contributed by atoms with van der Waals surface area (Å²) in [6, 6.07) is 13.7. The number of hydrogen-bond acceptors (Lipinski definition) is 6. The van der Waals surface area contributed by atoms with Crippen LogP contribution in [0.1, 0.15) is 18.5 Å². The largest absolute Gasteiger partial charge is 0.497 e. The lowest BCUT2D eigenvalue weighted by Crippen LogP contribution is -2.42. The molecule has 1 unspecified atom stereocenters. The maximum atomic E-state index is 9.04. The topological polar surface area (TPSA) is 70.4 Å². The number of nitrogens with one attached hydrogen (secondary N) is 1. The van der Waals surface area contributed by atoms with E-state index in [0.29, 0.717) is 5.69 Å². The second-order valence-corrected chi connectivity index (χ2v) is 6.02. The van der Waals surface area contributed by atoms with Gasteiger partial charge in [-0.3, -0.25) is 0 Å². The molecule has 0 aliphatic carbocycles. The van der Waals surface area contributed by atoms with Crippen LogP contribution in [0.3, 0.4) is 0 Å². The maximum Gasteiger partial charge on any atom is 0.142 e. The summed E-state index contributed by atoms with van der Waals surface area (Å²) in [6.45, 7) is 1.78. The quantitative estimate of drug-likeness (QED) is 0.903. The summed E-state index contributed by atoms with van der Waals surface area (Å²) in [5.41, 5.74) is 1.42. The van der Waals surface area contributed by atoms with E-state index < -0.39 is 0 Å². The van der Waals surface area contributed by atoms with Crippen molar-refractivity contribution in [1.29, 1.82) is 5.26 Å². The van der Waals surface area contributed by atoms with Gasteiger partial charge in [0, 0.05) is 43.0 Å². The Bertz CT molecular complexity index is 750. The number of nitrogens with zero attached hydrogens (tertiary/aromatic N) is 3. The SMILES string of the molecule is COc1cc(NC2CCCN(c3cccc(C#N)n3)C2)cc(OC)c1. The molecular formula is C19H22N4O2. The van der Waals surface area contributed by atoms with Gasteiger partial charge in [-0.1, -0.05) is 6.07 Å². The molecule has 0 spiro atoms. The highest BCUT2D eigenvalue weighted by molar-refractivity contribution is 5.55. The molecule has 0 saturated carbocycles. The third-order valence-corrected chi connectivity index (χ3v) is 4.32. The van der Waals surface area contributed by atoms with Gasteiger partial charge in [0.1, 0.15) is 29.1 Å². The van der Waals surface area contributed by atoms with E-state index in [1.54, 1.807) is 20.3 Å². The number of rotatable bonds is 5. The molecule has 1 saturated heterocycles. The Kier molecular flexibility index (Phi) is 5.24. The molecule has 2 aromatic rings. The fourth-order valence-electron chi connectivity index (χ4n) is 3.09. The van der Waals surface area contributed by atoms with Gasteiger partial charge in [0.25, 0.3) is 0 Å². The number of nitriles is 1. The van der Waals surface area contributed by atoms with Crippen LogP contribution in [0.25, 0.3) is 0 Å². The summed E-state index contributed by atoms with van der Waals surface area (Å²) >= 11 is 0. The third kappa shape index (κ3) is 4.13. The summed E-state index contributed by atoms with van der Waals surface area (Å²) in [4.78, 5) is 6.63. The zero-order valence-corrected chi connectivity index (χ0v) is 14.5. The van der Waals surface area contributed by atoms with Crippen LogP contribution in [-0.2, 0) is 0 Å². The molecule has 0 radical (unpaired) electrons. The summed E-state index contributed by atoms with van der Waals surface area (Å²) in [5.74, 6) is 2.38. The number of benzene rings is 1. The van der Waals surface area contributed by atoms with Gasteiger partial charge in [-0.25, -0.2) is 4.98 Å². The van der Waals surface area contributed by atoms with Gasteiger partial charge in [0.15, 0.2) is 0 Å². The molecule has 1 aliphatic rings. The number of ether oxygens (including phenoxy) is 2. The molecule has 6 nitrogen and oxygen atoms in total. The lowest BCUT2D eigenvalue weighted by atomic mass is 10.0. The van der Waals surface area contributed by atoms with Crippen molar-refractivity contribution in [3.63, 3.8) is 0 Å². The molecule has 1 fully saturated rings. The molecule has 0 bridgehead atoms. The van der Waals surface area contributed by atoms with E-state index in [9.17, 15) is 0 Å². The normalized spacial score (nSPS) is 16.8. The van der Waals surface area contributed by atoms with Crippen molar-refractivity contribution in [2.45, 2.75) is 18.9 Å². The van der Waals surface area contributed by atoms with Crippen molar-refractivity contribution in [2.75, 3.05) is 37.5 Å². The van der Waals surface area contributed by atoms with Gasteiger partial charge >= 0.3 is 0 Å². The molecular weight excluding hydrogens is 316 g/mol. The van der Waals surface area contributed by atoms with Gasteiger partial charge in [-0.2, -0.15) is 5.26 Å². The van der Waals surface area contributed by atoms with Crippen molar-refractivity contribution >= 4 is 11.5 Å². The molecule has 1 aliphatic heterocycles. The maximum absolute atomic E-state index is 9.04. The van der Waals surface area contributed by atoms with E-state index in [1.165, 1.54) is 0 Å². The van der Waals surface area contributed by atoms with Gasteiger partial charge in [-0.15, -0.1) is 0 Å². The first kappa shape index (κ1) is 16.9. The van der Waals surface area contributed by atoms with Crippen molar-refractivity contribution < 1.29 is 9.47 Å². The lowest BCUT2D eigenvalue weighted by Gasteiger charge is -2.34. The van der Waals surface area contributed by atoms with E-state index in [2.05, 4.69) is 21.3 Å². The molecule has 1 aromatic heterocycles. The average molecular weight is 338 g/mol. The Morgan fingerprint density at radius 1 is 1.20 bits per heavy atom. The minimum atomic E-state index is 0.290. The van der Waals surface area contributed by atoms with Gasteiger partial charge in [-0.05, 0) is 25.0 Å². The van der Waals surface area contributed by atoms with Crippen molar-refractivity contribution in [1.82, 2.24) is 4.98 Å². The number of pyridine rings is 1. The second-order valence-electron chi connectivity index (χ2n) is 6.02. The molecule has 0 amide bonds. The lowest BCUT2D eigenvalue weighted by molar-refractivity contribution is 0.394. The fourth-order valence-corrected chi connectivity index (χ4v) is 3.09. The van der Waals surface area contributed by atoms with Crippen LogP contribution in [0, 0.1) is 11.3 Å². The van der Waals surface area contributed by atoms with Crippen LogP contribution < -0.4 is 19.7 Å². The standard InChI is InChI=1S/C19H22N4O2/c1-24-17-9-16(10-18(11-17)25-2)21-15-6-4-8-23(13-15)19-7-3-5-14(12-20)22-19/h3,5,7,9-11,15,21H,4,6,8,13H2,1-2H3. The van der Waals surface area contributed by atoms with Gasteiger partial charge in [0.2, 0.25) is 0 Å². The van der Waals surface area contributed by atoms with Gasteiger partial charge in [0.05, 0.1) is 14.2 Å². The third-order valence-electron chi connectivity index (χ3n) is 4.32. The Hall–Kier alpha value is -2.94. The molecule has 1 aromatic carbocycles. The number of methoxy groups -OCH3 is 2. The highest BCUT2D eigenvalue weighted by Gasteiger charge is 2.21. The van der Waals surface area contributed by atoms with Crippen molar-refractivity contribution in [3.8, 4) is 17.6 Å². The molecule has 6 heteroatoms. The van der Waals surface area contributed by atoms with E-state index in [-0.39, 0.29) is 6.04 Å². The first-order chi connectivity index (χ1) is 12.2. The minimum absolute atomic E-state index is 0.290. The van der Waals surface area contributed by atoms with Crippen LogP contribution in [0.5, 0.6) is 11.5 Å². The first-order valence-corrected chi connectivity index (χ1v) is 8.33. The summed E-state index contributed by atoms with van der Waals surface area (Å²) in [5, 5.41) is 12.6. The number of aromatic nitrogens is 1. The fraction of sp³-hybridized carbons (Fsp3) is 0.368. The van der Waals surface area contributed by atoms with Crippen LogP contribution >= 0.6 is 0 Å². The first-order valence-electron chi connectivity index (χ1n) is 8.33. The number of anilines is 2. The van der Waals surface area contributed by atoms with Crippen molar-refractivity contribution in [2.24, 2.45) is 0 Å². The summed E-state index contributed by atoms with van der Waals surface area (Å²) < 4.78 is 10.7. The van der Waals surface area contributed by atoms with Gasteiger partial charge < -0.3 is 19.7 Å². The number of piperidine rings is 1. The second kappa shape index (κ2) is 7.75. The predicted molar refractivity (Wildman–Crippen MR) is 97.4 cm³/mol. The molecule has 130 valence electrons. The number of hydrogen-bond donors (Lipinski definition) is 1. The molecule has 1 atom stereocenters. The van der Waals surface area contributed by atoms with E-state index in [4.69, 9.17) is 14.7 Å². The zero-order valence-electron chi connectivity index (χ0n) is 14.5. The predicted octanol–water partition coefficient (Wildman–Crippen LogP) is 3.05. The van der Waals surface area contributed by atoms with E-state index in [0.717, 1.165) is 48.9 Å². The summed E-state index contributed by atoms with van der Waals surface area (Å²) in [7, 11) is 3.30. The smallest absolute Gasteiger partial charge is 0.142 e. The molecule has 1 N–H and O–H groups in total. The molecule has 25 heavy (non-hydrogen) atoms. The zero-order chi connectivity index (χ0) is 17.6. The van der Waals surface area contributed by atoms with E-state index in [1.807, 2.05) is 30.3 Å². The molecule has 3 rings (SSSR count). The van der Waals surface area contributed by atoms with Crippen molar-refractivity contribution in [3.05, 3.63) is 42.1 Å².